The lowest BCUT2D eigenvalue weighted by Gasteiger charge is -2.31. The molecule has 3 heterocycles. The molecule has 32 heavy (non-hydrogen) atoms. The predicted molar refractivity (Wildman–Crippen MR) is 124 cm³/mol. The molecule has 3 fully saturated rings. The summed E-state index contributed by atoms with van der Waals surface area (Å²) in [5.74, 6) is 2.89. The Hall–Kier alpha value is -2.67. The number of carbonyl (C=O) groups is 1. The molecule has 1 aromatic carbocycles. The highest BCUT2D eigenvalue weighted by Crippen LogP contribution is 2.40. The second kappa shape index (κ2) is 8.03. The average molecular weight is 451 g/mol. The molecule has 1 amide bonds. The number of benzene rings is 1. The molecule has 0 spiro atoms. The topological polar surface area (TPSA) is 67.2 Å². The smallest absolute Gasteiger partial charge is 0.225 e. The number of aromatic nitrogens is 4. The van der Waals surface area contributed by atoms with E-state index in [1.54, 1.807) is 0 Å². The lowest BCUT2D eigenvalue weighted by atomic mass is 9.84. The van der Waals surface area contributed by atoms with Gasteiger partial charge in [0.2, 0.25) is 5.91 Å². The van der Waals surface area contributed by atoms with Crippen LogP contribution in [0.1, 0.15) is 50.3 Å². The lowest BCUT2D eigenvalue weighted by Crippen LogP contribution is -2.41. The van der Waals surface area contributed by atoms with Crippen LogP contribution < -0.4 is 4.90 Å². The number of nitrogens with zero attached hydrogens (tertiary/aromatic N) is 6. The zero-order chi connectivity index (χ0) is 21.7. The molecule has 2 aromatic heterocycles. The summed E-state index contributed by atoms with van der Waals surface area (Å²) >= 11 is 6.24. The summed E-state index contributed by atoms with van der Waals surface area (Å²) in [6, 6.07) is 7.69. The Bertz CT molecular complexity index is 1170. The predicted octanol–water partition coefficient (Wildman–Crippen LogP) is 4.19. The van der Waals surface area contributed by atoms with Crippen molar-refractivity contribution in [3.63, 3.8) is 0 Å². The van der Waals surface area contributed by atoms with Crippen LogP contribution in [0.2, 0.25) is 5.02 Å². The molecule has 2 aliphatic carbocycles. The first-order valence-electron chi connectivity index (χ1n) is 11.7. The van der Waals surface area contributed by atoms with Crippen LogP contribution in [-0.2, 0) is 4.79 Å². The van der Waals surface area contributed by atoms with E-state index in [1.165, 1.54) is 6.42 Å². The van der Waals surface area contributed by atoms with Gasteiger partial charge in [-0.05, 0) is 50.3 Å². The minimum absolute atomic E-state index is 0.254. The molecule has 3 aromatic rings. The third-order valence-corrected chi connectivity index (χ3v) is 7.22. The summed E-state index contributed by atoms with van der Waals surface area (Å²) in [5, 5.41) is 6.28. The molecule has 2 saturated carbocycles. The Labute approximate surface area is 192 Å². The van der Waals surface area contributed by atoms with Crippen LogP contribution in [-0.4, -0.2) is 56.7 Å². The van der Waals surface area contributed by atoms with Crippen LogP contribution in [0.4, 0.5) is 5.82 Å². The molecule has 0 N–H and O–H groups in total. The van der Waals surface area contributed by atoms with Gasteiger partial charge in [0.15, 0.2) is 5.65 Å². The molecule has 6 rings (SSSR count). The first kappa shape index (κ1) is 20.0. The Morgan fingerprint density at radius 3 is 2.62 bits per heavy atom. The van der Waals surface area contributed by atoms with Crippen molar-refractivity contribution in [2.45, 2.75) is 44.4 Å². The Morgan fingerprint density at radius 2 is 1.88 bits per heavy atom. The third kappa shape index (κ3) is 3.62. The summed E-state index contributed by atoms with van der Waals surface area (Å²) < 4.78 is 1.86. The molecular formula is C24H27ClN6O. The van der Waals surface area contributed by atoms with Gasteiger partial charge in [-0.25, -0.2) is 14.6 Å². The maximum absolute atomic E-state index is 12.8. The fraction of sp³-hybridized carbons (Fsp3) is 0.500. The van der Waals surface area contributed by atoms with Gasteiger partial charge >= 0.3 is 0 Å². The summed E-state index contributed by atoms with van der Waals surface area (Å²) in [5.41, 5.74) is 1.72. The maximum atomic E-state index is 12.8. The highest BCUT2D eigenvalue weighted by Gasteiger charge is 2.32. The molecule has 1 saturated heterocycles. The minimum Gasteiger partial charge on any atom is -0.354 e. The second-order valence-electron chi connectivity index (χ2n) is 9.25. The highest BCUT2D eigenvalue weighted by atomic mass is 35.5. The number of hydrogen-bond acceptors (Lipinski definition) is 5. The van der Waals surface area contributed by atoms with Gasteiger partial charge in [0, 0.05) is 43.0 Å². The van der Waals surface area contributed by atoms with Crippen LogP contribution in [0.3, 0.4) is 0 Å². The van der Waals surface area contributed by atoms with Crippen molar-refractivity contribution in [2.24, 2.45) is 5.92 Å². The van der Waals surface area contributed by atoms with Gasteiger partial charge < -0.3 is 9.80 Å². The summed E-state index contributed by atoms with van der Waals surface area (Å²) in [4.78, 5) is 27.1. The number of halogens is 1. The van der Waals surface area contributed by atoms with Gasteiger partial charge in [0.25, 0.3) is 0 Å². The van der Waals surface area contributed by atoms with Crippen molar-refractivity contribution in [3.05, 3.63) is 41.3 Å². The van der Waals surface area contributed by atoms with E-state index in [-0.39, 0.29) is 5.92 Å². The van der Waals surface area contributed by atoms with Crippen LogP contribution in [0, 0.1) is 5.92 Å². The van der Waals surface area contributed by atoms with E-state index < -0.39 is 0 Å². The van der Waals surface area contributed by atoms with Gasteiger partial charge in [0.1, 0.15) is 11.6 Å². The average Bonchev–Trinajstić information content (AvgIpc) is 3.55. The molecule has 0 unspecified atom stereocenters. The highest BCUT2D eigenvalue weighted by molar-refractivity contribution is 6.30. The van der Waals surface area contributed by atoms with E-state index in [0.29, 0.717) is 16.8 Å². The first-order chi connectivity index (χ1) is 15.7. The van der Waals surface area contributed by atoms with Crippen LogP contribution in [0.15, 0.2) is 30.5 Å². The largest absolute Gasteiger partial charge is 0.354 e. The van der Waals surface area contributed by atoms with Crippen molar-refractivity contribution in [2.75, 3.05) is 31.1 Å². The van der Waals surface area contributed by atoms with Gasteiger partial charge in [-0.2, -0.15) is 5.10 Å². The van der Waals surface area contributed by atoms with Gasteiger partial charge in [0.05, 0.1) is 17.3 Å². The van der Waals surface area contributed by atoms with E-state index >= 15 is 0 Å². The molecule has 8 heteroatoms. The molecule has 0 atom stereocenters. The van der Waals surface area contributed by atoms with E-state index in [4.69, 9.17) is 21.6 Å². The Kier molecular flexibility index (Phi) is 5.01. The van der Waals surface area contributed by atoms with Crippen molar-refractivity contribution in [1.82, 2.24) is 24.6 Å². The zero-order valence-electron chi connectivity index (χ0n) is 18.1. The summed E-state index contributed by atoms with van der Waals surface area (Å²) in [6.45, 7) is 3.25. The number of rotatable bonds is 4. The van der Waals surface area contributed by atoms with Crippen molar-refractivity contribution in [3.8, 4) is 5.69 Å². The van der Waals surface area contributed by atoms with E-state index in [0.717, 1.165) is 86.6 Å². The third-order valence-electron chi connectivity index (χ3n) is 6.98. The molecule has 1 aliphatic heterocycles. The second-order valence-corrected chi connectivity index (χ2v) is 9.68. The fourth-order valence-electron chi connectivity index (χ4n) is 4.73. The number of anilines is 1. The molecule has 0 bridgehead atoms. The molecular weight excluding hydrogens is 424 g/mol. The number of amides is 1. The zero-order valence-corrected chi connectivity index (χ0v) is 18.8. The van der Waals surface area contributed by atoms with E-state index in [2.05, 4.69) is 14.9 Å². The normalized spacial score (nSPS) is 19.8. The van der Waals surface area contributed by atoms with Gasteiger partial charge in [-0.15, -0.1) is 0 Å². The number of hydrogen-bond donors (Lipinski definition) is 0. The van der Waals surface area contributed by atoms with Crippen molar-refractivity contribution < 1.29 is 4.79 Å². The minimum atomic E-state index is 0.254. The lowest BCUT2D eigenvalue weighted by molar-refractivity contribution is -0.137. The van der Waals surface area contributed by atoms with Gasteiger partial charge in [-0.1, -0.05) is 24.1 Å². The molecule has 166 valence electrons. The monoisotopic (exact) mass is 450 g/mol. The van der Waals surface area contributed by atoms with E-state index in [9.17, 15) is 4.79 Å². The molecule has 0 radical (unpaired) electrons. The Balaban J connectivity index is 1.35. The van der Waals surface area contributed by atoms with Gasteiger partial charge in [-0.3, -0.25) is 4.79 Å². The number of fused-ring (bicyclic) bond motifs is 1. The standard InChI is InChI=1S/C24H27ClN6O/c25-18-6-2-7-19(14-18)31-23-20(15-26-31)22(27-21(28-23)16-8-9-16)29-10-3-11-30(13-12-29)24(32)17-4-1-5-17/h2,6-7,14-17H,1,3-5,8-13H2. The fourth-order valence-corrected chi connectivity index (χ4v) is 4.92. The molecule has 7 nitrogen and oxygen atoms in total. The Morgan fingerprint density at radius 1 is 1.00 bits per heavy atom. The number of carbonyl (C=O) groups excluding carboxylic acids is 1. The maximum Gasteiger partial charge on any atom is 0.225 e. The van der Waals surface area contributed by atoms with Crippen LogP contribution >= 0.6 is 11.6 Å². The van der Waals surface area contributed by atoms with Crippen molar-refractivity contribution in [1.29, 1.82) is 0 Å². The van der Waals surface area contributed by atoms with Crippen molar-refractivity contribution >= 4 is 34.4 Å². The van der Waals surface area contributed by atoms with Crippen LogP contribution in [0.5, 0.6) is 0 Å². The van der Waals surface area contributed by atoms with E-state index in [1.807, 2.05) is 35.1 Å². The SMILES string of the molecule is O=C(C1CCC1)N1CCCN(c2nc(C3CC3)nc3c2cnn3-c2cccc(Cl)c2)CC1. The van der Waals surface area contributed by atoms with Crippen LogP contribution in [0.25, 0.3) is 16.7 Å². The molecule has 3 aliphatic rings. The first-order valence-corrected chi connectivity index (χ1v) is 12.1. The summed E-state index contributed by atoms with van der Waals surface area (Å²) in [7, 11) is 0. The quantitative estimate of drug-likeness (QED) is 0.596. The summed E-state index contributed by atoms with van der Waals surface area (Å²) in [6.07, 6.45) is 8.39.